The van der Waals surface area contributed by atoms with E-state index in [1.165, 1.54) is 12.1 Å². The van der Waals surface area contributed by atoms with Crippen LogP contribution in [0.15, 0.2) is 29.1 Å². The SMILES string of the molecule is NCCn1cnc(-c2nc3cc(Cl)c(F)cc3o2)c1. The number of aromatic nitrogens is 3. The van der Waals surface area contributed by atoms with Gasteiger partial charge < -0.3 is 14.7 Å². The highest BCUT2D eigenvalue weighted by atomic mass is 35.5. The van der Waals surface area contributed by atoms with Gasteiger partial charge in [-0.2, -0.15) is 0 Å². The summed E-state index contributed by atoms with van der Waals surface area (Å²) in [4.78, 5) is 8.40. The zero-order valence-electron chi connectivity index (χ0n) is 9.81. The van der Waals surface area contributed by atoms with Crippen LogP contribution in [-0.4, -0.2) is 21.1 Å². The Kier molecular flexibility index (Phi) is 2.96. The van der Waals surface area contributed by atoms with Crippen molar-refractivity contribution in [1.82, 2.24) is 14.5 Å². The Labute approximate surface area is 112 Å². The van der Waals surface area contributed by atoms with Crippen molar-refractivity contribution in [3.05, 3.63) is 35.5 Å². The van der Waals surface area contributed by atoms with Gasteiger partial charge in [0.25, 0.3) is 0 Å². The third-order valence-electron chi connectivity index (χ3n) is 2.67. The van der Waals surface area contributed by atoms with Crippen LogP contribution >= 0.6 is 11.6 Å². The summed E-state index contributed by atoms with van der Waals surface area (Å²) in [6.07, 6.45) is 3.42. The number of oxazole rings is 1. The first-order chi connectivity index (χ1) is 9.17. The van der Waals surface area contributed by atoms with Gasteiger partial charge in [-0.1, -0.05) is 11.6 Å². The number of halogens is 2. The van der Waals surface area contributed by atoms with Crippen molar-refractivity contribution < 1.29 is 8.81 Å². The lowest BCUT2D eigenvalue weighted by molar-refractivity contribution is 0.601. The molecule has 0 bridgehead atoms. The van der Waals surface area contributed by atoms with Crippen LogP contribution < -0.4 is 5.73 Å². The Hall–Kier alpha value is -1.92. The van der Waals surface area contributed by atoms with E-state index in [0.29, 0.717) is 35.8 Å². The Morgan fingerprint density at radius 3 is 3.05 bits per heavy atom. The molecule has 0 unspecified atom stereocenters. The van der Waals surface area contributed by atoms with Crippen molar-refractivity contribution in [3.8, 4) is 11.6 Å². The van der Waals surface area contributed by atoms with Crippen molar-refractivity contribution in [2.45, 2.75) is 6.54 Å². The van der Waals surface area contributed by atoms with Crippen molar-refractivity contribution in [1.29, 1.82) is 0 Å². The van der Waals surface area contributed by atoms with Gasteiger partial charge in [-0.05, 0) is 6.07 Å². The molecule has 0 spiro atoms. The smallest absolute Gasteiger partial charge is 0.247 e. The Morgan fingerprint density at radius 1 is 1.42 bits per heavy atom. The fourth-order valence-electron chi connectivity index (χ4n) is 1.78. The fraction of sp³-hybridized carbons (Fsp3) is 0.167. The second-order valence-corrected chi connectivity index (χ2v) is 4.45. The molecule has 98 valence electrons. The molecule has 0 amide bonds. The van der Waals surface area contributed by atoms with Crippen molar-refractivity contribution in [2.24, 2.45) is 5.73 Å². The normalized spacial score (nSPS) is 11.3. The molecule has 19 heavy (non-hydrogen) atoms. The van der Waals surface area contributed by atoms with Crippen molar-refractivity contribution >= 4 is 22.7 Å². The third-order valence-corrected chi connectivity index (χ3v) is 2.96. The standard InChI is InChI=1S/C12H10ClFN4O/c13-7-3-9-11(4-8(7)14)19-12(17-9)10-5-18(2-1-15)6-16-10/h3-6H,1-2,15H2. The number of nitrogens with zero attached hydrogens (tertiary/aromatic N) is 3. The van der Waals surface area contributed by atoms with E-state index in [9.17, 15) is 4.39 Å². The van der Waals surface area contributed by atoms with Gasteiger partial charge in [-0.15, -0.1) is 0 Å². The van der Waals surface area contributed by atoms with Crippen LogP contribution in [0.3, 0.4) is 0 Å². The summed E-state index contributed by atoms with van der Waals surface area (Å²) in [5.41, 5.74) is 6.86. The molecular formula is C12H10ClFN4O. The number of hydrogen-bond acceptors (Lipinski definition) is 4. The lowest BCUT2D eigenvalue weighted by Gasteiger charge is -1.94. The molecule has 3 aromatic rings. The molecule has 1 aromatic carbocycles. The Morgan fingerprint density at radius 2 is 2.26 bits per heavy atom. The largest absolute Gasteiger partial charge is 0.435 e. The molecular weight excluding hydrogens is 271 g/mol. The zero-order chi connectivity index (χ0) is 13.4. The molecule has 2 aromatic heterocycles. The van der Waals surface area contributed by atoms with Crippen molar-refractivity contribution in [2.75, 3.05) is 6.54 Å². The molecule has 0 saturated carbocycles. The average Bonchev–Trinajstić information content (AvgIpc) is 2.97. The quantitative estimate of drug-likeness (QED) is 0.800. The summed E-state index contributed by atoms with van der Waals surface area (Å²) in [5, 5.41) is 0.0148. The summed E-state index contributed by atoms with van der Waals surface area (Å²) in [5.74, 6) is -0.210. The van der Waals surface area contributed by atoms with E-state index in [1.54, 1.807) is 12.5 Å². The first-order valence-corrected chi connectivity index (χ1v) is 6.03. The molecule has 0 atom stereocenters. The minimum absolute atomic E-state index is 0.0148. The highest BCUT2D eigenvalue weighted by Crippen LogP contribution is 2.27. The molecule has 0 saturated heterocycles. The summed E-state index contributed by atoms with van der Waals surface area (Å²) < 4.78 is 20.6. The lowest BCUT2D eigenvalue weighted by atomic mass is 10.3. The number of benzene rings is 1. The van der Waals surface area contributed by atoms with Gasteiger partial charge in [0.1, 0.15) is 17.0 Å². The van der Waals surface area contributed by atoms with Crippen LogP contribution in [-0.2, 0) is 6.54 Å². The second-order valence-electron chi connectivity index (χ2n) is 4.04. The van der Waals surface area contributed by atoms with Gasteiger partial charge in [0.2, 0.25) is 5.89 Å². The van der Waals surface area contributed by atoms with Gasteiger partial charge in [0.05, 0.1) is 11.3 Å². The number of fused-ring (bicyclic) bond motifs is 1. The highest BCUT2D eigenvalue weighted by molar-refractivity contribution is 6.31. The van der Waals surface area contributed by atoms with E-state index in [0.717, 1.165) is 0 Å². The first kappa shape index (κ1) is 12.1. The number of nitrogens with two attached hydrogens (primary N) is 1. The van der Waals surface area contributed by atoms with E-state index in [2.05, 4.69) is 9.97 Å². The molecule has 0 aliphatic rings. The molecule has 0 radical (unpaired) electrons. The minimum atomic E-state index is -0.537. The maximum absolute atomic E-state index is 13.3. The lowest BCUT2D eigenvalue weighted by Crippen LogP contribution is -2.07. The van der Waals surface area contributed by atoms with E-state index < -0.39 is 5.82 Å². The molecule has 2 N–H and O–H groups in total. The third kappa shape index (κ3) is 2.20. The zero-order valence-corrected chi connectivity index (χ0v) is 10.6. The van der Waals surface area contributed by atoms with Crippen LogP contribution in [0.25, 0.3) is 22.7 Å². The number of hydrogen-bond donors (Lipinski definition) is 1. The van der Waals surface area contributed by atoms with Gasteiger partial charge in [0, 0.05) is 25.4 Å². The molecule has 0 fully saturated rings. The van der Waals surface area contributed by atoms with Gasteiger partial charge in [-0.25, -0.2) is 14.4 Å². The summed E-state index contributed by atoms with van der Waals surface area (Å²) in [7, 11) is 0. The summed E-state index contributed by atoms with van der Waals surface area (Å²) in [6.45, 7) is 1.18. The van der Waals surface area contributed by atoms with Crippen LogP contribution in [0.1, 0.15) is 0 Å². The Balaban J connectivity index is 2.04. The Bertz CT molecular complexity index is 697. The maximum atomic E-state index is 13.3. The van der Waals surface area contributed by atoms with Gasteiger partial charge >= 0.3 is 0 Å². The van der Waals surface area contributed by atoms with Crippen molar-refractivity contribution in [3.63, 3.8) is 0 Å². The van der Waals surface area contributed by atoms with Crippen LogP contribution in [0.4, 0.5) is 4.39 Å². The average molecular weight is 281 g/mol. The van der Waals surface area contributed by atoms with Crippen LogP contribution in [0.2, 0.25) is 5.02 Å². The maximum Gasteiger partial charge on any atom is 0.247 e. The van der Waals surface area contributed by atoms with Gasteiger partial charge in [-0.3, -0.25) is 0 Å². The fourth-order valence-corrected chi connectivity index (χ4v) is 1.93. The topological polar surface area (TPSA) is 69.9 Å². The molecule has 2 heterocycles. The first-order valence-electron chi connectivity index (χ1n) is 5.65. The molecule has 5 nitrogen and oxygen atoms in total. The van der Waals surface area contributed by atoms with E-state index in [-0.39, 0.29) is 5.02 Å². The molecule has 3 rings (SSSR count). The van der Waals surface area contributed by atoms with E-state index in [1.807, 2.05) is 4.57 Å². The predicted molar refractivity (Wildman–Crippen MR) is 69.3 cm³/mol. The van der Waals surface area contributed by atoms with Gasteiger partial charge in [0.15, 0.2) is 5.58 Å². The number of imidazole rings is 1. The summed E-state index contributed by atoms with van der Waals surface area (Å²) in [6, 6.07) is 2.64. The highest BCUT2D eigenvalue weighted by Gasteiger charge is 2.13. The van der Waals surface area contributed by atoms with E-state index >= 15 is 0 Å². The molecule has 0 aliphatic carbocycles. The van der Waals surface area contributed by atoms with Crippen LogP contribution in [0.5, 0.6) is 0 Å². The second kappa shape index (κ2) is 4.64. The van der Waals surface area contributed by atoms with E-state index in [4.69, 9.17) is 21.8 Å². The van der Waals surface area contributed by atoms with Crippen LogP contribution in [0, 0.1) is 5.82 Å². The number of rotatable bonds is 3. The summed E-state index contributed by atoms with van der Waals surface area (Å²) >= 11 is 5.70. The molecule has 7 heteroatoms. The minimum Gasteiger partial charge on any atom is -0.435 e. The predicted octanol–water partition coefficient (Wildman–Crippen LogP) is 2.44. The monoisotopic (exact) mass is 280 g/mol. The molecule has 0 aliphatic heterocycles.